The fourth-order valence-electron chi connectivity index (χ4n) is 3.39. The molecule has 1 heterocycles. The number of carboxylic acid groups (broad SMARTS) is 1. The molecule has 1 aliphatic carbocycles. The average Bonchev–Trinajstić information content (AvgIpc) is 2.53. The highest BCUT2D eigenvalue weighted by atomic mass is 19.4. The van der Waals surface area contributed by atoms with E-state index in [1.807, 2.05) is 12.1 Å². The number of benzene rings is 1. The van der Waals surface area contributed by atoms with Gasteiger partial charge in [0.2, 0.25) is 0 Å². The summed E-state index contributed by atoms with van der Waals surface area (Å²) in [6.07, 6.45) is 0.171. The third-order valence-electron chi connectivity index (χ3n) is 4.80. The summed E-state index contributed by atoms with van der Waals surface area (Å²) in [6.45, 7) is 2.22. The summed E-state index contributed by atoms with van der Waals surface area (Å²) in [4.78, 5) is 11.5. The molecule has 0 bridgehead atoms. The number of alkyl halides is 3. The summed E-state index contributed by atoms with van der Waals surface area (Å²) in [5, 5.41) is 7.12. The Balaban J connectivity index is 0.000000277. The van der Waals surface area contributed by atoms with Crippen molar-refractivity contribution in [2.24, 2.45) is 5.73 Å². The molecule has 0 spiro atoms. The topological polar surface area (TPSA) is 92.6 Å². The summed E-state index contributed by atoms with van der Waals surface area (Å²) in [5.41, 5.74) is 13.9. The Morgan fingerprint density at radius 2 is 1.56 bits per heavy atom. The lowest BCUT2D eigenvalue weighted by Gasteiger charge is -2.45. The first-order valence-electron chi connectivity index (χ1n) is 8.32. The number of anilines is 1. The molecule has 2 fully saturated rings. The molecule has 8 heteroatoms. The quantitative estimate of drug-likeness (QED) is 0.706. The summed E-state index contributed by atoms with van der Waals surface area (Å²) < 4.78 is 31.7. The number of nitrogen functional groups attached to an aromatic ring is 1. The molecule has 0 aromatic heterocycles. The van der Waals surface area contributed by atoms with E-state index in [2.05, 4.69) is 17.0 Å². The Kier molecular flexibility index (Phi) is 6.29. The van der Waals surface area contributed by atoms with E-state index in [1.54, 1.807) is 0 Å². The molecule has 1 saturated heterocycles. The monoisotopic (exact) mass is 359 g/mol. The Morgan fingerprint density at radius 3 is 1.96 bits per heavy atom. The van der Waals surface area contributed by atoms with Crippen molar-refractivity contribution < 1.29 is 23.1 Å². The standard InChI is InChI=1S/C15H23N3.C2HF3O2/c16-13-5-1-11(2-6-13)12-3-7-15(8-4-12)18-9-14(17)10-18;3-2(4,5)1(6)7/h1-2,5-6,12,14-15H,3-4,7-10,16-17H2;(H,6,7). The number of halogens is 3. The number of nitrogens with two attached hydrogens (primary N) is 2. The van der Waals surface area contributed by atoms with Crippen LogP contribution in [0.3, 0.4) is 0 Å². The van der Waals surface area contributed by atoms with Crippen LogP contribution in [0.4, 0.5) is 18.9 Å². The highest BCUT2D eigenvalue weighted by Crippen LogP contribution is 2.36. The zero-order valence-electron chi connectivity index (χ0n) is 13.9. The smallest absolute Gasteiger partial charge is 0.475 e. The van der Waals surface area contributed by atoms with Crippen LogP contribution in [0.5, 0.6) is 0 Å². The predicted octanol–water partition coefficient (Wildman–Crippen LogP) is 2.57. The molecule has 25 heavy (non-hydrogen) atoms. The van der Waals surface area contributed by atoms with Crippen LogP contribution in [0.2, 0.25) is 0 Å². The molecule has 2 aliphatic rings. The minimum atomic E-state index is -5.08. The van der Waals surface area contributed by atoms with Crippen molar-refractivity contribution in [3.05, 3.63) is 29.8 Å². The normalized spacial score (nSPS) is 24.8. The lowest BCUT2D eigenvalue weighted by atomic mass is 9.80. The second-order valence-corrected chi connectivity index (χ2v) is 6.69. The zero-order chi connectivity index (χ0) is 18.6. The summed E-state index contributed by atoms with van der Waals surface area (Å²) >= 11 is 0. The maximum absolute atomic E-state index is 10.6. The van der Waals surface area contributed by atoms with Crippen molar-refractivity contribution in [2.45, 2.75) is 49.9 Å². The van der Waals surface area contributed by atoms with Crippen LogP contribution in [-0.4, -0.2) is 47.3 Å². The number of rotatable bonds is 2. The van der Waals surface area contributed by atoms with Crippen LogP contribution in [0.1, 0.15) is 37.2 Å². The van der Waals surface area contributed by atoms with Gasteiger partial charge in [0.25, 0.3) is 0 Å². The number of carboxylic acids is 1. The molecule has 1 saturated carbocycles. The molecule has 3 rings (SSSR count). The van der Waals surface area contributed by atoms with Crippen LogP contribution in [0.25, 0.3) is 0 Å². The highest BCUT2D eigenvalue weighted by molar-refractivity contribution is 5.73. The molecule has 0 unspecified atom stereocenters. The molecular formula is C17H24F3N3O2. The molecule has 1 aliphatic heterocycles. The van der Waals surface area contributed by atoms with Crippen LogP contribution in [-0.2, 0) is 4.79 Å². The molecule has 0 amide bonds. The van der Waals surface area contributed by atoms with Crippen molar-refractivity contribution in [2.75, 3.05) is 18.8 Å². The first-order chi connectivity index (χ1) is 11.7. The predicted molar refractivity (Wildman–Crippen MR) is 89.1 cm³/mol. The number of hydrogen-bond acceptors (Lipinski definition) is 4. The van der Waals surface area contributed by atoms with Gasteiger partial charge in [-0.05, 0) is 49.3 Å². The lowest BCUT2D eigenvalue weighted by Crippen LogP contribution is -2.59. The van der Waals surface area contributed by atoms with Gasteiger partial charge < -0.3 is 16.6 Å². The second kappa shape index (κ2) is 8.05. The molecule has 1 aromatic rings. The van der Waals surface area contributed by atoms with Gasteiger partial charge in [0.1, 0.15) is 0 Å². The van der Waals surface area contributed by atoms with Crippen molar-refractivity contribution in [1.29, 1.82) is 0 Å². The van der Waals surface area contributed by atoms with Gasteiger partial charge in [0, 0.05) is 30.9 Å². The van der Waals surface area contributed by atoms with E-state index in [-0.39, 0.29) is 0 Å². The minimum Gasteiger partial charge on any atom is -0.475 e. The van der Waals surface area contributed by atoms with Gasteiger partial charge in [-0.2, -0.15) is 13.2 Å². The number of hydrogen-bond donors (Lipinski definition) is 3. The van der Waals surface area contributed by atoms with E-state index in [1.165, 1.54) is 31.2 Å². The van der Waals surface area contributed by atoms with E-state index in [0.29, 0.717) is 6.04 Å². The molecule has 1 aromatic carbocycles. The summed E-state index contributed by atoms with van der Waals surface area (Å²) in [6, 6.07) is 9.65. The van der Waals surface area contributed by atoms with Gasteiger partial charge in [0.15, 0.2) is 0 Å². The molecule has 0 atom stereocenters. The molecule has 5 N–H and O–H groups in total. The Bertz CT molecular complexity index is 563. The van der Waals surface area contributed by atoms with Gasteiger partial charge >= 0.3 is 12.1 Å². The molecule has 140 valence electrons. The SMILES string of the molecule is Nc1ccc(C2CCC(N3CC(N)C3)CC2)cc1.O=C(O)C(F)(F)F. The van der Waals surface area contributed by atoms with E-state index in [4.69, 9.17) is 21.4 Å². The third-order valence-corrected chi connectivity index (χ3v) is 4.80. The van der Waals surface area contributed by atoms with Crippen LogP contribution in [0, 0.1) is 0 Å². The van der Waals surface area contributed by atoms with Gasteiger partial charge in [-0.3, -0.25) is 4.90 Å². The number of aliphatic carboxylic acids is 1. The number of nitrogens with zero attached hydrogens (tertiary/aromatic N) is 1. The molecule has 5 nitrogen and oxygen atoms in total. The maximum atomic E-state index is 10.6. The average molecular weight is 359 g/mol. The van der Waals surface area contributed by atoms with Crippen molar-refractivity contribution in [1.82, 2.24) is 4.90 Å². The van der Waals surface area contributed by atoms with E-state index in [0.717, 1.165) is 30.7 Å². The first-order valence-corrected chi connectivity index (χ1v) is 8.32. The van der Waals surface area contributed by atoms with Gasteiger partial charge in [-0.15, -0.1) is 0 Å². The van der Waals surface area contributed by atoms with Crippen molar-refractivity contribution >= 4 is 11.7 Å². The maximum Gasteiger partial charge on any atom is 0.490 e. The Labute approximate surface area is 144 Å². The van der Waals surface area contributed by atoms with Crippen LogP contribution >= 0.6 is 0 Å². The minimum absolute atomic E-state index is 0.430. The van der Waals surface area contributed by atoms with Gasteiger partial charge in [-0.1, -0.05) is 12.1 Å². The second-order valence-electron chi connectivity index (χ2n) is 6.69. The highest BCUT2D eigenvalue weighted by Gasteiger charge is 2.38. The largest absolute Gasteiger partial charge is 0.490 e. The van der Waals surface area contributed by atoms with Crippen molar-refractivity contribution in [3.63, 3.8) is 0 Å². The Morgan fingerprint density at radius 1 is 1.08 bits per heavy atom. The van der Waals surface area contributed by atoms with Crippen LogP contribution in [0.15, 0.2) is 24.3 Å². The first kappa shape index (κ1) is 19.5. The third kappa shape index (κ3) is 5.61. The van der Waals surface area contributed by atoms with Gasteiger partial charge in [-0.25, -0.2) is 4.79 Å². The van der Waals surface area contributed by atoms with E-state index in [9.17, 15) is 13.2 Å². The van der Waals surface area contributed by atoms with Crippen molar-refractivity contribution in [3.8, 4) is 0 Å². The fourth-order valence-corrected chi connectivity index (χ4v) is 3.39. The number of carbonyl (C=O) groups is 1. The van der Waals surface area contributed by atoms with Crippen LogP contribution < -0.4 is 11.5 Å². The fraction of sp³-hybridized carbons (Fsp3) is 0.588. The van der Waals surface area contributed by atoms with Gasteiger partial charge in [0.05, 0.1) is 0 Å². The molecule has 0 radical (unpaired) electrons. The summed E-state index contributed by atoms with van der Waals surface area (Å²) in [7, 11) is 0. The van der Waals surface area contributed by atoms with E-state index >= 15 is 0 Å². The lowest BCUT2D eigenvalue weighted by molar-refractivity contribution is -0.192. The zero-order valence-corrected chi connectivity index (χ0v) is 13.9. The summed E-state index contributed by atoms with van der Waals surface area (Å²) in [5.74, 6) is -2.02. The molecular weight excluding hydrogens is 335 g/mol. The van der Waals surface area contributed by atoms with E-state index < -0.39 is 12.1 Å². The Hall–Kier alpha value is -1.80. The number of likely N-dealkylation sites (tertiary alicyclic amines) is 1.